The van der Waals surface area contributed by atoms with Gasteiger partial charge in [0.1, 0.15) is 0 Å². The molecule has 2 rings (SSSR count). The van der Waals surface area contributed by atoms with E-state index in [0.29, 0.717) is 19.0 Å². The van der Waals surface area contributed by atoms with Gasteiger partial charge in [-0.1, -0.05) is 20.8 Å². The van der Waals surface area contributed by atoms with Gasteiger partial charge in [0.25, 0.3) is 0 Å². The summed E-state index contributed by atoms with van der Waals surface area (Å²) in [6, 6.07) is 0.113. The standard InChI is InChI=1S/C14H25F3N2/c1-12(2,3)11-7-19(9-14(15,16)17)13(4,8-18-11)10-5-6-10/h10-11,18H,5-9H2,1-4H3. The number of hydrogen-bond donors (Lipinski definition) is 1. The van der Waals surface area contributed by atoms with E-state index in [4.69, 9.17) is 0 Å². The second-order valence-electron chi connectivity index (χ2n) is 7.43. The van der Waals surface area contributed by atoms with Crippen LogP contribution in [0.5, 0.6) is 0 Å². The van der Waals surface area contributed by atoms with Gasteiger partial charge in [-0.05, 0) is 31.1 Å². The number of alkyl halides is 3. The van der Waals surface area contributed by atoms with Crippen molar-refractivity contribution in [1.82, 2.24) is 10.2 Å². The summed E-state index contributed by atoms with van der Waals surface area (Å²) in [4.78, 5) is 1.68. The van der Waals surface area contributed by atoms with Gasteiger partial charge in [-0.25, -0.2) is 0 Å². The van der Waals surface area contributed by atoms with Crippen molar-refractivity contribution in [3.05, 3.63) is 0 Å². The van der Waals surface area contributed by atoms with Crippen molar-refractivity contribution in [2.75, 3.05) is 19.6 Å². The monoisotopic (exact) mass is 278 g/mol. The van der Waals surface area contributed by atoms with Gasteiger partial charge in [0, 0.05) is 24.7 Å². The van der Waals surface area contributed by atoms with Crippen LogP contribution in [0.25, 0.3) is 0 Å². The number of hydrogen-bond acceptors (Lipinski definition) is 2. The molecule has 0 aromatic heterocycles. The maximum Gasteiger partial charge on any atom is 0.401 e. The zero-order valence-corrected chi connectivity index (χ0v) is 12.3. The molecule has 2 fully saturated rings. The average molecular weight is 278 g/mol. The molecule has 0 spiro atoms. The normalized spacial score (nSPS) is 34.6. The van der Waals surface area contributed by atoms with E-state index in [1.807, 2.05) is 6.92 Å². The van der Waals surface area contributed by atoms with Gasteiger partial charge in [0.2, 0.25) is 0 Å². The summed E-state index contributed by atoms with van der Waals surface area (Å²) in [6.07, 6.45) is -1.99. The summed E-state index contributed by atoms with van der Waals surface area (Å²) >= 11 is 0. The lowest BCUT2D eigenvalue weighted by molar-refractivity contribution is -0.167. The van der Waals surface area contributed by atoms with E-state index in [9.17, 15) is 13.2 Å². The SMILES string of the molecule is CC(C)(C)C1CN(CC(F)(F)F)C(C)(C2CC2)CN1. The second kappa shape index (κ2) is 4.62. The molecule has 0 bridgehead atoms. The molecule has 0 aromatic rings. The topological polar surface area (TPSA) is 15.3 Å². The lowest BCUT2D eigenvalue weighted by atomic mass is 9.81. The molecule has 2 aliphatic rings. The first-order valence-corrected chi connectivity index (χ1v) is 7.07. The van der Waals surface area contributed by atoms with Crippen molar-refractivity contribution in [2.45, 2.75) is 58.3 Å². The fourth-order valence-electron chi connectivity index (χ4n) is 3.08. The second-order valence-corrected chi connectivity index (χ2v) is 7.43. The highest BCUT2D eigenvalue weighted by Gasteiger charge is 2.51. The van der Waals surface area contributed by atoms with E-state index in [-0.39, 0.29) is 17.0 Å². The molecule has 1 heterocycles. The molecule has 1 saturated carbocycles. The molecular weight excluding hydrogens is 253 g/mol. The molecule has 5 heteroatoms. The van der Waals surface area contributed by atoms with Crippen LogP contribution in [-0.2, 0) is 0 Å². The Balaban J connectivity index is 2.14. The molecule has 0 radical (unpaired) electrons. The molecule has 1 N–H and O–H groups in total. The first kappa shape index (κ1) is 15.1. The van der Waals surface area contributed by atoms with Crippen molar-refractivity contribution in [3.63, 3.8) is 0 Å². The molecule has 2 nitrogen and oxygen atoms in total. The minimum atomic E-state index is -4.12. The van der Waals surface area contributed by atoms with Gasteiger partial charge in [-0.15, -0.1) is 0 Å². The van der Waals surface area contributed by atoms with Crippen LogP contribution in [0.2, 0.25) is 0 Å². The third-order valence-electron chi connectivity index (χ3n) is 4.70. The Kier molecular flexibility index (Phi) is 3.67. The fraction of sp³-hybridized carbons (Fsp3) is 1.00. The van der Waals surface area contributed by atoms with Gasteiger partial charge >= 0.3 is 6.18 Å². The van der Waals surface area contributed by atoms with Crippen LogP contribution >= 0.6 is 0 Å². The molecule has 1 aliphatic heterocycles. The summed E-state index contributed by atoms with van der Waals surface area (Å²) in [5.74, 6) is 0.420. The van der Waals surface area contributed by atoms with Gasteiger partial charge in [0.05, 0.1) is 6.54 Å². The summed E-state index contributed by atoms with van der Waals surface area (Å²) in [6.45, 7) is 8.59. The largest absolute Gasteiger partial charge is 0.401 e. The Hall–Kier alpha value is -0.290. The minimum absolute atomic E-state index is 0.0191. The van der Waals surface area contributed by atoms with E-state index in [1.165, 1.54) is 0 Å². The van der Waals surface area contributed by atoms with E-state index in [0.717, 1.165) is 12.8 Å². The van der Waals surface area contributed by atoms with E-state index >= 15 is 0 Å². The van der Waals surface area contributed by atoms with Crippen LogP contribution in [0.15, 0.2) is 0 Å². The summed E-state index contributed by atoms with van der Waals surface area (Å²) in [5, 5.41) is 3.48. The van der Waals surface area contributed by atoms with Crippen molar-refractivity contribution < 1.29 is 13.2 Å². The number of rotatable bonds is 2. The zero-order chi connectivity index (χ0) is 14.5. The predicted molar refractivity (Wildman–Crippen MR) is 70.0 cm³/mol. The van der Waals surface area contributed by atoms with Crippen LogP contribution in [0.4, 0.5) is 13.2 Å². The van der Waals surface area contributed by atoms with Crippen LogP contribution < -0.4 is 5.32 Å². The fourth-order valence-corrected chi connectivity index (χ4v) is 3.08. The highest BCUT2D eigenvalue weighted by molar-refractivity contribution is 5.06. The first-order chi connectivity index (χ1) is 8.52. The lowest BCUT2D eigenvalue weighted by Gasteiger charge is -2.51. The Labute approximate surface area is 113 Å². The van der Waals surface area contributed by atoms with Crippen LogP contribution in [-0.4, -0.2) is 42.3 Å². The molecular formula is C14H25F3N2. The molecule has 0 aromatic carbocycles. The smallest absolute Gasteiger partial charge is 0.310 e. The number of nitrogens with zero attached hydrogens (tertiary/aromatic N) is 1. The van der Waals surface area contributed by atoms with Gasteiger partial charge in [-0.2, -0.15) is 13.2 Å². The Morgan fingerprint density at radius 3 is 2.21 bits per heavy atom. The number of nitrogens with one attached hydrogen (secondary N) is 1. The average Bonchev–Trinajstić information content (AvgIpc) is 3.01. The van der Waals surface area contributed by atoms with Crippen LogP contribution in [0.3, 0.4) is 0 Å². The molecule has 19 heavy (non-hydrogen) atoms. The van der Waals surface area contributed by atoms with Gasteiger partial charge in [0.15, 0.2) is 0 Å². The maximum atomic E-state index is 12.8. The van der Waals surface area contributed by atoms with Crippen LogP contribution in [0, 0.1) is 11.3 Å². The van der Waals surface area contributed by atoms with Crippen molar-refractivity contribution in [3.8, 4) is 0 Å². The molecule has 0 amide bonds. The van der Waals surface area contributed by atoms with Gasteiger partial charge in [-0.3, -0.25) is 4.90 Å². The Morgan fingerprint density at radius 2 is 1.79 bits per heavy atom. The van der Waals surface area contributed by atoms with E-state index in [2.05, 4.69) is 26.1 Å². The third kappa shape index (κ3) is 3.43. The molecule has 1 saturated heterocycles. The number of piperazine rings is 1. The molecule has 112 valence electrons. The zero-order valence-electron chi connectivity index (χ0n) is 12.3. The van der Waals surface area contributed by atoms with Gasteiger partial charge < -0.3 is 5.32 Å². The Morgan fingerprint density at radius 1 is 1.21 bits per heavy atom. The highest BCUT2D eigenvalue weighted by atomic mass is 19.4. The van der Waals surface area contributed by atoms with Crippen molar-refractivity contribution in [1.29, 1.82) is 0 Å². The van der Waals surface area contributed by atoms with Crippen molar-refractivity contribution in [2.24, 2.45) is 11.3 Å². The molecule has 2 unspecified atom stereocenters. The Bertz CT molecular complexity index is 331. The molecule has 2 atom stereocenters. The lowest BCUT2D eigenvalue weighted by Crippen LogP contribution is -2.68. The summed E-state index contributed by atoms with van der Waals surface area (Å²) in [7, 11) is 0. The summed E-state index contributed by atoms with van der Waals surface area (Å²) in [5.41, 5.74) is -0.355. The van der Waals surface area contributed by atoms with E-state index in [1.54, 1.807) is 4.90 Å². The maximum absolute atomic E-state index is 12.8. The predicted octanol–water partition coefficient (Wildman–Crippen LogP) is 3.04. The van der Waals surface area contributed by atoms with Crippen LogP contribution in [0.1, 0.15) is 40.5 Å². The quantitative estimate of drug-likeness (QED) is 0.835. The highest BCUT2D eigenvalue weighted by Crippen LogP contribution is 2.45. The first-order valence-electron chi connectivity index (χ1n) is 7.07. The minimum Gasteiger partial charge on any atom is -0.310 e. The third-order valence-corrected chi connectivity index (χ3v) is 4.70. The molecule has 1 aliphatic carbocycles. The number of halogens is 3. The van der Waals surface area contributed by atoms with E-state index < -0.39 is 12.7 Å². The van der Waals surface area contributed by atoms with Crippen molar-refractivity contribution >= 4 is 0 Å². The summed E-state index contributed by atoms with van der Waals surface area (Å²) < 4.78 is 38.5.